The fourth-order valence-electron chi connectivity index (χ4n) is 1.84. The first kappa shape index (κ1) is 13.6. The van der Waals surface area contributed by atoms with Crippen molar-refractivity contribution in [3.8, 4) is 11.6 Å². The van der Waals surface area contributed by atoms with E-state index in [1.165, 1.54) is 5.56 Å². The summed E-state index contributed by atoms with van der Waals surface area (Å²) >= 11 is 0. The van der Waals surface area contributed by atoms with Crippen LogP contribution < -0.4 is 10.5 Å². The lowest BCUT2D eigenvalue weighted by molar-refractivity contribution is 0.455. The highest BCUT2D eigenvalue weighted by molar-refractivity contribution is 5.35. The van der Waals surface area contributed by atoms with E-state index >= 15 is 0 Å². The van der Waals surface area contributed by atoms with Crippen molar-refractivity contribution in [1.29, 1.82) is 0 Å². The van der Waals surface area contributed by atoms with Crippen molar-refractivity contribution in [2.45, 2.75) is 33.2 Å². The Morgan fingerprint density at radius 2 is 1.79 bits per heavy atom. The molecule has 0 saturated heterocycles. The van der Waals surface area contributed by atoms with Gasteiger partial charge in [-0.15, -0.1) is 0 Å². The molecule has 2 N–H and O–H groups in total. The fourth-order valence-corrected chi connectivity index (χ4v) is 1.84. The van der Waals surface area contributed by atoms with Gasteiger partial charge in [-0.1, -0.05) is 32.0 Å². The van der Waals surface area contributed by atoms with Crippen LogP contribution in [0.4, 0.5) is 0 Å². The normalized spacial score (nSPS) is 10.8. The number of aryl methyl sites for hydroxylation is 1. The number of hydrogen-bond donors (Lipinski definition) is 1. The Morgan fingerprint density at radius 1 is 1.11 bits per heavy atom. The van der Waals surface area contributed by atoms with Gasteiger partial charge in [0.2, 0.25) is 5.88 Å². The molecule has 0 spiro atoms. The minimum atomic E-state index is 0.423. The van der Waals surface area contributed by atoms with Gasteiger partial charge in [-0.3, -0.25) is 0 Å². The van der Waals surface area contributed by atoms with E-state index in [-0.39, 0.29) is 0 Å². The average Bonchev–Trinajstić information content (AvgIpc) is 2.39. The molecule has 3 nitrogen and oxygen atoms in total. The Morgan fingerprint density at radius 3 is 2.37 bits per heavy atom. The van der Waals surface area contributed by atoms with Crippen LogP contribution in [0.1, 0.15) is 36.6 Å². The molecule has 0 amide bonds. The minimum absolute atomic E-state index is 0.423. The van der Waals surface area contributed by atoms with E-state index in [1.807, 2.05) is 31.2 Å². The molecule has 0 unspecified atom stereocenters. The Kier molecular flexibility index (Phi) is 4.17. The molecule has 0 radical (unpaired) electrons. The highest BCUT2D eigenvalue weighted by Crippen LogP contribution is 2.25. The van der Waals surface area contributed by atoms with E-state index in [1.54, 1.807) is 0 Å². The standard InChI is InChI=1S/C16H20N2O/c1-11(2)13-6-8-15(9-7-13)19-16-14(10-17)5-4-12(3)18-16/h4-9,11H,10,17H2,1-3H3. The molecule has 0 saturated carbocycles. The summed E-state index contributed by atoms with van der Waals surface area (Å²) in [4.78, 5) is 4.39. The van der Waals surface area contributed by atoms with Gasteiger partial charge in [0.1, 0.15) is 5.75 Å². The third kappa shape index (κ3) is 3.32. The monoisotopic (exact) mass is 256 g/mol. The third-order valence-corrected chi connectivity index (χ3v) is 3.06. The molecule has 2 rings (SSSR count). The van der Waals surface area contributed by atoms with E-state index in [0.29, 0.717) is 18.3 Å². The Bertz CT molecular complexity index is 547. The fraction of sp³-hybridized carbons (Fsp3) is 0.312. The van der Waals surface area contributed by atoms with E-state index in [4.69, 9.17) is 10.5 Å². The maximum Gasteiger partial charge on any atom is 0.223 e. The molecule has 0 atom stereocenters. The van der Waals surface area contributed by atoms with Crippen molar-refractivity contribution in [3.05, 3.63) is 53.2 Å². The van der Waals surface area contributed by atoms with Gasteiger partial charge in [-0.2, -0.15) is 0 Å². The number of rotatable bonds is 4. The van der Waals surface area contributed by atoms with Crippen molar-refractivity contribution in [2.24, 2.45) is 5.73 Å². The van der Waals surface area contributed by atoms with E-state index in [9.17, 15) is 0 Å². The summed E-state index contributed by atoms with van der Waals surface area (Å²) in [7, 11) is 0. The molecule has 0 aliphatic rings. The van der Waals surface area contributed by atoms with Crippen molar-refractivity contribution in [1.82, 2.24) is 4.98 Å². The molecule has 0 aliphatic carbocycles. The third-order valence-electron chi connectivity index (χ3n) is 3.06. The van der Waals surface area contributed by atoms with E-state index in [0.717, 1.165) is 17.0 Å². The SMILES string of the molecule is Cc1ccc(CN)c(Oc2ccc(C(C)C)cc2)n1. The molecular formula is C16H20N2O. The highest BCUT2D eigenvalue weighted by Gasteiger charge is 2.06. The van der Waals surface area contributed by atoms with Crippen molar-refractivity contribution < 1.29 is 4.74 Å². The van der Waals surface area contributed by atoms with Crippen molar-refractivity contribution in [3.63, 3.8) is 0 Å². The topological polar surface area (TPSA) is 48.1 Å². The van der Waals surface area contributed by atoms with E-state index in [2.05, 4.69) is 31.0 Å². The van der Waals surface area contributed by atoms with Gasteiger partial charge in [0.25, 0.3) is 0 Å². The molecule has 3 heteroatoms. The molecule has 0 bridgehead atoms. The molecule has 19 heavy (non-hydrogen) atoms. The number of pyridine rings is 1. The molecule has 1 aromatic heterocycles. The van der Waals surface area contributed by atoms with Gasteiger partial charge in [-0.05, 0) is 36.6 Å². The number of benzene rings is 1. The number of nitrogens with two attached hydrogens (primary N) is 1. The van der Waals surface area contributed by atoms with Crippen LogP contribution in [-0.2, 0) is 6.54 Å². The largest absolute Gasteiger partial charge is 0.439 e. The average molecular weight is 256 g/mol. The molecule has 0 aliphatic heterocycles. The lowest BCUT2D eigenvalue weighted by Crippen LogP contribution is -2.02. The molecule has 1 heterocycles. The van der Waals surface area contributed by atoms with Gasteiger partial charge >= 0.3 is 0 Å². The predicted molar refractivity (Wildman–Crippen MR) is 77.5 cm³/mol. The summed E-state index contributed by atoms with van der Waals surface area (Å²) < 4.78 is 5.82. The molecule has 100 valence electrons. The summed E-state index contributed by atoms with van der Waals surface area (Å²) in [6.45, 7) is 6.71. The van der Waals surface area contributed by atoms with Crippen LogP contribution in [0.3, 0.4) is 0 Å². The summed E-state index contributed by atoms with van der Waals surface area (Å²) in [6, 6.07) is 12.0. The molecular weight excluding hydrogens is 236 g/mol. The maximum absolute atomic E-state index is 5.82. The zero-order valence-electron chi connectivity index (χ0n) is 11.7. The predicted octanol–water partition coefficient (Wildman–Crippen LogP) is 3.76. The Balaban J connectivity index is 2.23. The van der Waals surface area contributed by atoms with Gasteiger partial charge in [-0.25, -0.2) is 4.98 Å². The van der Waals surface area contributed by atoms with Crippen molar-refractivity contribution in [2.75, 3.05) is 0 Å². The van der Waals surface area contributed by atoms with Crippen molar-refractivity contribution >= 4 is 0 Å². The number of hydrogen-bond acceptors (Lipinski definition) is 3. The quantitative estimate of drug-likeness (QED) is 0.906. The first-order valence-corrected chi connectivity index (χ1v) is 6.54. The summed E-state index contributed by atoms with van der Waals surface area (Å²) in [5.41, 5.74) is 8.83. The number of nitrogens with zero attached hydrogens (tertiary/aromatic N) is 1. The Hall–Kier alpha value is -1.87. The number of ether oxygens (including phenoxy) is 1. The van der Waals surface area contributed by atoms with E-state index < -0.39 is 0 Å². The number of aromatic nitrogens is 1. The van der Waals surface area contributed by atoms with Crippen LogP contribution in [-0.4, -0.2) is 4.98 Å². The second-order valence-electron chi connectivity index (χ2n) is 4.95. The van der Waals surface area contributed by atoms with Gasteiger partial charge in [0, 0.05) is 17.8 Å². The summed E-state index contributed by atoms with van der Waals surface area (Å²) in [5, 5.41) is 0. The van der Waals surface area contributed by atoms with Crippen LogP contribution in [0, 0.1) is 6.92 Å². The van der Waals surface area contributed by atoms with Crippen LogP contribution in [0.2, 0.25) is 0 Å². The first-order valence-electron chi connectivity index (χ1n) is 6.54. The summed E-state index contributed by atoms with van der Waals surface area (Å²) in [6.07, 6.45) is 0. The maximum atomic E-state index is 5.82. The minimum Gasteiger partial charge on any atom is -0.439 e. The van der Waals surface area contributed by atoms with Crippen LogP contribution >= 0.6 is 0 Å². The van der Waals surface area contributed by atoms with Crippen LogP contribution in [0.25, 0.3) is 0 Å². The highest BCUT2D eigenvalue weighted by atomic mass is 16.5. The zero-order valence-corrected chi connectivity index (χ0v) is 11.7. The smallest absolute Gasteiger partial charge is 0.223 e. The zero-order chi connectivity index (χ0) is 13.8. The van der Waals surface area contributed by atoms with Crippen LogP contribution in [0.5, 0.6) is 11.6 Å². The lowest BCUT2D eigenvalue weighted by Gasteiger charge is -2.11. The summed E-state index contributed by atoms with van der Waals surface area (Å²) in [5.74, 6) is 1.91. The van der Waals surface area contributed by atoms with Gasteiger partial charge < -0.3 is 10.5 Å². The van der Waals surface area contributed by atoms with Crippen LogP contribution in [0.15, 0.2) is 36.4 Å². The molecule has 2 aromatic rings. The second-order valence-corrected chi connectivity index (χ2v) is 4.95. The molecule has 0 fully saturated rings. The Labute approximate surface area is 114 Å². The lowest BCUT2D eigenvalue weighted by atomic mass is 10.0. The van der Waals surface area contributed by atoms with Gasteiger partial charge in [0.15, 0.2) is 0 Å². The molecule has 1 aromatic carbocycles. The first-order chi connectivity index (χ1) is 9.10. The van der Waals surface area contributed by atoms with Gasteiger partial charge in [0.05, 0.1) is 0 Å². The second kappa shape index (κ2) is 5.85.